The zero-order valence-electron chi connectivity index (χ0n) is 17.6. The highest BCUT2D eigenvalue weighted by molar-refractivity contribution is 6.32. The average Bonchev–Trinajstić information content (AvgIpc) is 3.15. The Hall–Kier alpha value is -3.02. The van der Waals surface area contributed by atoms with E-state index in [0.717, 1.165) is 22.4 Å². The lowest BCUT2D eigenvalue weighted by Gasteiger charge is -2.17. The summed E-state index contributed by atoms with van der Waals surface area (Å²) in [7, 11) is 0. The molecule has 1 amide bonds. The van der Waals surface area contributed by atoms with E-state index in [-0.39, 0.29) is 18.4 Å². The Labute approximate surface area is 196 Å². The minimum absolute atomic E-state index is 0.0780. The van der Waals surface area contributed by atoms with Gasteiger partial charge in [0.25, 0.3) is 0 Å². The third kappa shape index (κ3) is 5.23. The number of fused-ring (bicyclic) bond motifs is 1. The third-order valence-electron chi connectivity index (χ3n) is 5.14. The Kier molecular flexibility index (Phi) is 6.98. The number of ether oxygens (including phenoxy) is 1. The molecule has 1 N–H and O–H groups in total. The number of aromatic nitrogens is 2. The van der Waals surface area contributed by atoms with Gasteiger partial charge in [0.1, 0.15) is 18.2 Å². The molecule has 0 aliphatic carbocycles. The van der Waals surface area contributed by atoms with Gasteiger partial charge in [-0.3, -0.25) is 4.79 Å². The molecule has 4 rings (SSSR count). The van der Waals surface area contributed by atoms with Crippen LogP contribution in [-0.4, -0.2) is 22.1 Å². The number of benzene rings is 3. The van der Waals surface area contributed by atoms with Crippen molar-refractivity contribution in [2.75, 3.05) is 6.61 Å². The highest BCUT2D eigenvalue weighted by Gasteiger charge is 2.18. The molecule has 0 spiro atoms. The standard InChI is InChI=1S/C25H23Cl2N3O2/c1-17(28-24(31)16-18-10-12-19(26)13-11-18)25-29-21-7-3-4-8-22(21)30(25)14-15-32-23-9-5-2-6-20(23)27/h2-13,17H,14-16H2,1H3,(H,28,31). The number of rotatable bonds is 8. The second kappa shape index (κ2) is 10.1. The summed E-state index contributed by atoms with van der Waals surface area (Å²) in [6, 6.07) is 22.3. The van der Waals surface area contributed by atoms with Crippen LogP contribution in [0.4, 0.5) is 0 Å². The van der Waals surface area contributed by atoms with Crippen molar-refractivity contribution in [1.82, 2.24) is 14.9 Å². The first-order chi connectivity index (χ1) is 15.5. The van der Waals surface area contributed by atoms with Gasteiger partial charge in [0, 0.05) is 5.02 Å². The van der Waals surface area contributed by atoms with Gasteiger partial charge < -0.3 is 14.6 Å². The van der Waals surface area contributed by atoms with Crippen LogP contribution in [0.2, 0.25) is 10.0 Å². The maximum Gasteiger partial charge on any atom is 0.224 e. The normalized spacial score (nSPS) is 12.0. The molecule has 4 aromatic rings. The number of para-hydroxylation sites is 3. The molecule has 1 aromatic heterocycles. The Balaban J connectivity index is 1.49. The molecule has 3 aromatic carbocycles. The first-order valence-corrected chi connectivity index (χ1v) is 11.1. The van der Waals surface area contributed by atoms with Crippen molar-refractivity contribution in [2.45, 2.75) is 25.9 Å². The van der Waals surface area contributed by atoms with E-state index >= 15 is 0 Å². The molecule has 0 radical (unpaired) electrons. The molecule has 7 heteroatoms. The Morgan fingerprint density at radius 2 is 1.75 bits per heavy atom. The van der Waals surface area contributed by atoms with Crippen LogP contribution >= 0.6 is 23.2 Å². The molecule has 164 valence electrons. The lowest BCUT2D eigenvalue weighted by atomic mass is 10.1. The molecule has 1 heterocycles. The summed E-state index contributed by atoms with van der Waals surface area (Å²) >= 11 is 12.1. The fraction of sp³-hybridized carbons (Fsp3) is 0.200. The Morgan fingerprint density at radius 3 is 2.53 bits per heavy atom. The predicted molar refractivity (Wildman–Crippen MR) is 128 cm³/mol. The van der Waals surface area contributed by atoms with Crippen molar-refractivity contribution in [2.24, 2.45) is 0 Å². The highest BCUT2D eigenvalue weighted by Crippen LogP contribution is 2.24. The minimum atomic E-state index is -0.275. The summed E-state index contributed by atoms with van der Waals surface area (Å²) < 4.78 is 7.97. The van der Waals surface area contributed by atoms with E-state index in [4.69, 9.17) is 32.9 Å². The lowest BCUT2D eigenvalue weighted by Crippen LogP contribution is -2.30. The molecule has 5 nitrogen and oxygen atoms in total. The first-order valence-electron chi connectivity index (χ1n) is 10.4. The van der Waals surface area contributed by atoms with Crippen molar-refractivity contribution in [1.29, 1.82) is 0 Å². The van der Waals surface area contributed by atoms with Crippen molar-refractivity contribution in [3.63, 3.8) is 0 Å². The van der Waals surface area contributed by atoms with E-state index in [0.29, 0.717) is 28.9 Å². The zero-order chi connectivity index (χ0) is 22.5. The molecule has 1 unspecified atom stereocenters. The summed E-state index contributed by atoms with van der Waals surface area (Å²) in [6.45, 7) is 2.92. The molecule has 0 bridgehead atoms. The van der Waals surface area contributed by atoms with Gasteiger partial charge in [0.05, 0.1) is 35.1 Å². The Morgan fingerprint density at radius 1 is 1.03 bits per heavy atom. The van der Waals surface area contributed by atoms with Crippen LogP contribution in [0.5, 0.6) is 5.75 Å². The second-order valence-electron chi connectivity index (χ2n) is 7.48. The van der Waals surface area contributed by atoms with Crippen LogP contribution in [0, 0.1) is 0 Å². The predicted octanol–water partition coefficient (Wildman–Crippen LogP) is 5.84. The van der Waals surface area contributed by atoms with Gasteiger partial charge in [-0.05, 0) is 48.9 Å². The number of nitrogens with one attached hydrogen (secondary N) is 1. The second-order valence-corrected chi connectivity index (χ2v) is 8.33. The molecular weight excluding hydrogens is 445 g/mol. The molecule has 0 fully saturated rings. The average molecular weight is 468 g/mol. The monoisotopic (exact) mass is 467 g/mol. The molecular formula is C25H23Cl2N3O2. The van der Waals surface area contributed by atoms with Crippen LogP contribution in [-0.2, 0) is 17.8 Å². The fourth-order valence-corrected chi connectivity index (χ4v) is 3.93. The van der Waals surface area contributed by atoms with E-state index in [1.165, 1.54) is 0 Å². The summed E-state index contributed by atoms with van der Waals surface area (Å²) in [5.74, 6) is 1.34. The number of halogens is 2. The van der Waals surface area contributed by atoms with Gasteiger partial charge in [-0.25, -0.2) is 4.98 Å². The molecule has 0 saturated heterocycles. The van der Waals surface area contributed by atoms with E-state index < -0.39 is 0 Å². The Bertz CT molecular complexity index is 1220. The number of hydrogen-bond acceptors (Lipinski definition) is 3. The lowest BCUT2D eigenvalue weighted by molar-refractivity contribution is -0.121. The van der Waals surface area contributed by atoms with E-state index in [1.54, 1.807) is 18.2 Å². The van der Waals surface area contributed by atoms with Gasteiger partial charge in [-0.2, -0.15) is 0 Å². The van der Waals surface area contributed by atoms with E-state index in [1.807, 2.05) is 61.5 Å². The number of hydrogen-bond donors (Lipinski definition) is 1. The quantitative estimate of drug-likeness (QED) is 0.353. The molecule has 1 atom stereocenters. The van der Waals surface area contributed by atoms with Crippen LogP contribution in [0.15, 0.2) is 72.8 Å². The van der Waals surface area contributed by atoms with Gasteiger partial charge in [0.2, 0.25) is 5.91 Å². The van der Waals surface area contributed by atoms with Crippen LogP contribution in [0.3, 0.4) is 0 Å². The van der Waals surface area contributed by atoms with Gasteiger partial charge >= 0.3 is 0 Å². The van der Waals surface area contributed by atoms with Crippen molar-refractivity contribution in [3.8, 4) is 5.75 Å². The molecule has 0 aliphatic rings. The topological polar surface area (TPSA) is 56.2 Å². The number of carbonyl (C=O) groups is 1. The van der Waals surface area contributed by atoms with Gasteiger partial charge in [-0.15, -0.1) is 0 Å². The number of nitrogens with zero attached hydrogens (tertiary/aromatic N) is 2. The smallest absolute Gasteiger partial charge is 0.224 e. The summed E-state index contributed by atoms with van der Waals surface area (Å²) in [4.78, 5) is 17.4. The van der Waals surface area contributed by atoms with E-state index in [2.05, 4.69) is 9.88 Å². The number of imidazole rings is 1. The molecule has 0 saturated carbocycles. The number of amides is 1. The molecule has 32 heavy (non-hydrogen) atoms. The summed E-state index contributed by atoms with van der Waals surface area (Å²) in [6.07, 6.45) is 0.275. The van der Waals surface area contributed by atoms with Gasteiger partial charge in [0.15, 0.2) is 0 Å². The van der Waals surface area contributed by atoms with Gasteiger partial charge in [-0.1, -0.05) is 59.6 Å². The first kappa shape index (κ1) is 22.2. The van der Waals surface area contributed by atoms with Crippen LogP contribution < -0.4 is 10.1 Å². The SMILES string of the molecule is CC(NC(=O)Cc1ccc(Cl)cc1)c1nc2ccccc2n1CCOc1ccccc1Cl. The van der Waals surface area contributed by atoms with Crippen LogP contribution in [0.1, 0.15) is 24.4 Å². The van der Waals surface area contributed by atoms with E-state index in [9.17, 15) is 4.79 Å². The van der Waals surface area contributed by atoms with Crippen molar-refractivity contribution >= 4 is 40.1 Å². The number of carbonyl (C=O) groups excluding carboxylic acids is 1. The molecule has 0 aliphatic heterocycles. The summed E-state index contributed by atoms with van der Waals surface area (Å²) in [5, 5.41) is 4.28. The highest BCUT2D eigenvalue weighted by atomic mass is 35.5. The van der Waals surface area contributed by atoms with Crippen molar-refractivity contribution in [3.05, 3.63) is 94.2 Å². The zero-order valence-corrected chi connectivity index (χ0v) is 19.1. The summed E-state index contributed by atoms with van der Waals surface area (Å²) in [5.41, 5.74) is 2.77. The van der Waals surface area contributed by atoms with Crippen LogP contribution in [0.25, 0.3) is 11.0 Å². The minimum Gasteiger partial charge on any atom is -0.490 e. The largest absolute Gasteiger partial charge is 0.490 e. The maximum atomic E-state index is 12.6. The van der Waals surface area contributed by atoms with Crippen molar-refractivity contribution < 1.29 is 9.53 Å². The third-order valence-corrected chi connectivity index (χ3v) is 5.70. The fourth-order valence-electron chi connectivity index (χ4n) is 3.61. The maximum absolute atomic E-state index is 12.6.